The maximum atomic E-state index is 11.9. The van der Waals surface area contributed by atoms with Crippen LogP contribution in [0, 0.1) is 0 Å². The molecule has 1 saturated heterocycles. The first-order valence-corrected chi connectivity index (χ1v) is 9.60. The summed E-state index contributed by atoms with van der Waals surface area (Å²) in [5.41, 5.74) is 2.41. The van der Waals surface area contributed by atoms with E-state index in [1.54, 1.807) is 12.4 Å². The van der Waals surface area contributed by atoms with E-state index in [1.807, 2.05) is 12.1 Å². The van der Waals surface area contributed by atoms with E-state index in [9.17, 15) is 4.79 Å². The fourth-order valence-electron chi connectivity index (χ4n) is 3.45. The number of piperazine rings is 1. The number of rotatable bonds is 7. The summed E-state index contributed by atoms with van der Waals surface area (Å²) in [5, 5.41) is 5.83. The van der Waals surface area contributed by atoms with E-state index in [2.05, 4.69) is 62.8 Å². The van der Waals surface area contributed by atoms with Gasteiger partial charge in [0.25, 0.3) is 0 Å². The Morgan fingerprint density at radius 2 is 1.89 bits per heavy atom. The summed E-state index contributed by atoms with van der Waals surface area (Å²) >= 11 is 0. The van der Waals surface area contributed by atoms with Gasteiger partial charge < -0.3 is 15.5 Å². The van der Waals surface area contributed by atoms with Crippen LogP contribution in [0.2, 0.25) is 0 Å². The van der Waals surface area contributed by atoms with Crippen LogP contribution in [0.4, 0.5) is 4.79 Å². The molecule has 1 aliphatic heterocycles. The minimum Gasteiger partial charge on any atom is -0.338 e. The molecule has 144 valence electrons. The van der Waals surface area contributed by atoms with Gasteiger partial charge in [0.2, 0.25) is 0 Å². The molecule has 1 unspecified atom stereocenters. The molecule has 1 aromatic heterocycles. The minimum absolute atomic E-state index is 0.121. The molecule has 6 nitrogen and oxygen atoms in total. The molecular formula is C21H29N5O. The maximum absolute atomic E-state index is 11.9. The van der Waals surface area contributed by atoms with Gasteiger partial charge in [-0.3, -0.25) is 9.88 Å². The van der Waals surface area contributed by atoms with Crippen LogP contribution < -0.4 is 10.6 Å². The molecule has 6 heteroatoms. The predicted octanol–water partition coefficient (Wildman–Crippen LogP) is 2.26. The van der Waals surface area contributed by atoms with Gasteiger partial charge in [-0.05, 0) is 36.7 Å². The van der Waals surface area contributed by atoms with Gasteiger partial charge in [-0.2, -0.15) is 0 Å². The molecule has 3 rings (SSSR count). The molecule has 0 bridgehead atoms. The molecule has 2 aromatic rings. The number of hydrogen-bond donors (Lipinski definition) is 2. The zero-order valence-electron chi connectivity index (χ0n) is 16.0. The van der Waals surface area contributed by atoms with Gasteiger partial charge in [-0.1, -0.05) is 30.3 Å². The third-order valence-corrected chi connectivity index (χ3v) is 4.99. The molecule has 1 aliphatic rings. The van der Waals surface area contributed by atoms with Crippen molar-refractivity contribution in [2.24, 2.45) is 0 Å². The third-order valence-electron chi connectivity index (χ3n) is 4.99. The average molecular weight is 367 g/mol. The van der Waals surface area contributed by atoms with Crippen LogP contribution in [0.5, 0.6) is 0 Å². The highest BCUT2D eigenvalue weighted by atomic mass is 16.2. The Labute approximate surface area is 161 Å². The molecule has 1 fully saturated rings. The first-order chi connectivity index (χ1) is 13.2. The summed E-state index contributed by atoms with van der Waals surface area (Å²) in [6.45, 7) is 5.37. The molecule has 27 heavy (non-hydrogen) atoms. The van der Waals surface area contributed by atoms with E-state index in [1.165, 1.54) is 5.56 Å². The van der Waals surface area contributed by atoms with Crippen LogP contribution in [-0.4, -0.2) is 60.6 Å². The number of likely N-dealkylation sites (N-methyl/N-ethyl adjacent to an activating group) is 1. The first-order valence-electron chi connectivity index (χ1n) is 9.60. The van der Waals surface area contributed by atoms with Crippen molar-refractivity contribution in [3.05, 3.63) is 66.0 Å². The van der Waals surface area contributed by atoms with Gasteiger partial charge in [-0.15, -0.1) is 0 Å². The number of aromatic nitrogens is 1. The van der Waals surface area contributed by atoms with Crippen LogP contribution in [0.1, 0.15) is 23.6 Å². The summed E-state index contributed by atoms with van der Waals surface area (Å²) in [4.78, 5) is 20.8. The molecule has 1 atom stereocenters. The van der Waals surface area contributed by atoms with Gasteiger partial charge in [0, 0.05) is 57.7 Å². The Balaban J connectivity index is 1.40. The minimum atomic E-state index is -0.121. The number of benzene rings is 1. The number of pyridine rings is 1. The van der Waals surface area contributed by atoms with Crippen molar-refractivity contribution >= 4 is 6.03 Å². The Hall–Kier alpha value is -2.44. The molecule has 1 aromatic carbocycles. The fraction of sp³-hybridized carbons (Fsp3) is 0.429. The first kappa shape index (κ1) is 19.3. The van der Waals surface area contributed by atoms with E-state index in [0.29, 0.717) is 19.1 Å². The van der Waals surface area contributed by atoms with Gasteiger partial charge in [0.05, 0.1) is 0 Å². The van der Waals surface area contributed by atoms with Gasteiger partial charge in [-0.25, -0.2) is 4.79 Å². The number of nitrogens with one attached hydrogen (secondary N) is 2. The zero-order valence-corrected chi connectivity index (χ0v) is 16.0. The highest BCUT2D eigenvalue weighted by Gasteiger charge is 2.25. The van der Waals surface area contributed by atoms with Crippen LogP contribution in [0.15, 0.2) is 54.9 Å². The largest absolute Gasteiger partial charge is 0.338 e. The lowest BCUT2D eigenvalue weighted by Crippen LogP contribution is -2.47. The Morgan fingerprint density at radius 3 is 2.67 bits per heavy atom. The SMILES string of the molecule is CN1CCN(CCCNC(=O)NCc2ccncc2)C(c2ccccc2)C1. The molecular weight excluding hydrogens is 338 g/mol. The monoisotopic (exact) mass is 367 g/mol. The summed E-state index contributed by atoms with van der Waals surface area (Å²) in [5.74, 6) is 0. The molecule has 2 heterocycles. The molecule has 2 amide bonds. The fourth-order valence-corrected chi connectivity index (χ4v) is 3.45. The Bertz CT molecular complexity index is 694. The van der Waals surface area contributed by atoms with Crippen LogP contribution in [-0.2, 0) is 6.54 Å². The lowest BCUT2D eigenvalue weighted by atomic mass is 10.0. The summed E-state index contributed by atoms with van der Waals surface area (Å²) in [6, 6.07) is 14.8. The van der Waals surface area contributed by atoms with Crippen molar-refractivity contribution in [2.45, 2.75) is 19.0 Å². The van der Waals surface area contributed by atoms with Crippen molar-refractivity contribution < 1.29 is 4.79 Å². The van der Waals surface area contributed by atoms with E-state index in [0.717, 1.165) is 38.2 Å². The van der Waals surface area contributed by atoms with Crippen molar-refractivity contribution in [1.29, 1.82) is 0 Å². The Kier molecular flexibility index (Phi) is 7.19. The second-order valence-corrected chi connectivity index (χ2v) is 7.04. The average Bonchev–Trinajstić information content (AvgIpc) is 2.72. The van der Waals surface area contributed by atoms with Crippen LogP contribution in [0.25, 0.3) is 0 Å². The highest BCUT2D eigenvalue weighted by molar-refractivity contribution is 5.73. The number of carbonyl (C=O) groups excluding carboxylic acids is 1. The molecule has 0 saturated carbocycles. The van der Waals surface area contributed by atoms with Crippen molar-refractivity contribution in [3.8, 4) is 0 Å². The predicted molar refractivity (Wildman–Crippen MR) is 107 cm³/mol. The van der Waals surface area contributed by atoms with Gasteiger partial charge in [0.15, 0.2) is 0 Å². The summed E-state index contributed by atoms with van der Waals surface area (Å²) in [6.07, 6.45) is 4.40. The highest BCUT2D eigenvalue weighted by Crippen LogP contribution is 2.24. The Morgan fingerprint density at radius 1 is 1.11 bits per heavy atom. The number of nitrogens with zero attached hydrogens (tertiary/aromatic N) is 3. The zero-order chi connectivity index (χ0) is 18.9. The van der Waals surface area contributed by atoms with Crippen LogP contribution >= 0.6 is 0 Å². The molecule has 0 spiro atoms. The quantitative estimate of drug-likeness (QED) is 0.737. The second kappa shape index (κ2) is 10.0. The number of carbonyl (C=O) groups is 1. The topological polar surface area (TPSA) is 60.5 Å². The van der Waals surface area contributed by atoms with Crippen molar-refractivity contribution in [2.75, 3.05) is 39.8 Å². The molecule has 0 radical (unpaired) electrons. The number of amides is 2. The molecule has 2 N–H and O–H groups in total. The van der Waals surface area contributed by atoms with Gasteiger partial charge in [0.1, 0.15) is 0 Å². The smallest absolute Gasteiger partial charge is 0.315 e. The van der Waals surface area contributed by atoms with Gasteiger partial charge >= 0.3 is 6.03 Å². The maximum Gasteiger partial charge on any atom is 0.315 e. The third kappa shape index (κ3) is 6.05. The van der Waals surface area contributed by atoms with E-state index < -0.39 is 0 Å². The lowest BCUT2D eigenvalue weighted by Gasteiger charge is -2.40. The summed E-state index contributed by atoms with van der Waals surface area (Å²) < 4.78 is 0. The number of urea groups is 1. The van der Waals surface area contributed by atoms with E-state index in [-0.39, 0.29) is 6.03 Å². The van der Waals surface area contributed by atoms with Crippen LogP contribution in [0.3, 0.4) is 0 Å². The second-order valence-electron chi connectivity index (χ2n) is 7.04. The van der Waals surface area contributed by atoms with Crippen molar-refractivity contribution in [1.82, 2.24) is 25.4 Å². The standard InChI is InChI=1S/C21H29N5O/c1-25-14-15-26(20(17-25)19-6-3-2-4-7-19)13-5-10-23-21(27)24-16-18-8-11-22-12-9-18/h2-4,6-9,11-12,20H,5,10,13-17H2,1H3,(H2,23,24,27). The number of hydrogen-bond acceptors (Lipinski definition) is 4. The normalized spacial score (nSPS) is 18.2. The van der Waals surface area contributed by atoms with E-state index >= 15 is 0 Å². The lowest BCUT2D eigenvalue weighted by molar-refractivity contribution is 0.0889. The summed E-state index contributed by atoms with van der Waals surface area (Å²) in [7, 11) is 2.18. The molecule has 0 aliphatic carbocycles. The van der Waals surface area contributed by atoms with Crippen molar-refractivity contribution in [3.63, 3.8) is 0 Å². The van der Waals surface area contributed by atoms with E-state index in [4.69, 9.17) is 0 Å².